The predicted molar refractivity (Wildman–Crippen MR) is 147 cm³/mol. The van der Waals surface area contributed by atoms with Gasteiger partial charge < -0.3 is 14.6 Å². The van der Waals surface area contributed by atoms with Gasteiger partial charge in [0.25, 0.3) is 0 Å². The molecule has 0 radical (unpaired) electrons. The molecule has 6 heteroatoms. The number of carboxylic acids is 1. The lowest BCUT2D eigenvalue weighted by Gasteiger charge is -2.26. The van der Waals surface area contributed by atoms with Crippen LogP contribution in [-0.2, 0) is 17.8 Å². The van der Waals surface area contributed by atoms with E-state index in [1.54, 1.807) is 37.4 Å². The Bertz CT molecular complexity index is 1250. The van der Waals surface area contributed by atoms with E-state index in [1.165, 1.54) is 6.07 Å². The summed E-state index contributed by atoms with van der Waals surface area (Å²) >= 11 is 0. The second-order valence-corrected chi connectivity index (χ2v) is 10.6. The van der Waals surface area contributed by atoms with Crippen LogP contribution in [0.4, 0.5) is 8.78 Å². The Morgan fingerprint density at radius 3 is 2.45 bits per heavy atom. The van der Waals surface area contributed by atoms with Crippen LogP contribution in [0.15, 0.2) is 54.6 Å². The Balaban J connectivity index is 1.94. The fourth-order valence-electron chi connectivity index (χ4n) is 5.06. The number of halogens is 2. The molecule has 0 aliphatic rings. The van der Waals surface area contributed by atoms with E-state index in [1.807, 2.05) is 25.1 Å². The molecule has 3 aromatic rings. The molecular weight excluding hydrogens is 486 g/mol. The maximum absolute atomic E-state index is 15.3. The minimum atomic E-state index is -0.964. The average Bonchev–Trinajstić information content (AvgIpc) is 2.87. The van der Waals surface area contributed by atoms with Crippen LogP contribution in [0.5, 0.6) is 11.5 Å². The van der Waals surface area contributed by atoms with Gasteiger partial charge in [-0.1, -0.05) is 64.4 Å². The molecule has 0 fully saturated rings. The van der Waals surface area contributed by atoms with Crippen molar-refractivity contribution in [2.75, 3.05) is 7.11 Å². The van der Waals surface area contributed by atoms with Crippen molar-refractivity contribution >= 4 is 5.97 Å². The Morgan fingerprint density at radius 1 is 1.03 bits per heavy atom. The van der Waals surface area contributed by atoms with Gasteiger partial charge in [0.1, 0.15) is 18.2 Å². The lowest BCUT2D eigenvalue weighted by molar-refractivity contribution is -0.137. The summed E-state index contributed by atoms with van der Waals surface area (Å²) in [5, 5.41) is 9.20. The molecule has 0 heterocycles. The molecule has 0 spiro atoms. The van der Waals surface area contributed by atoms with Gasteiger partial charge in [-0.25, -0.2) is 8.78 Å². The smallest absolute Gasteiger partial charge is 0.303 e. The summed E-state index contributed by atoms with van der Waals surface area (Å²) in [4.78, 5) is 11.2. The quantitative estimate of drug-likeness (QED) is 0.243. The molecule has 0 aliphatic carbocycles. The van der Waals surface area contributed by atoms with Gasteiger partial charge in [-0.05, 0) is 77.1 Å². The van der Waals surface area contributed by atoms with Crippen molar-refractivity contribution in [1.29, 1.82) is 0 Å². The molecule has 0 saturated heterocycles. The standard InChI is InChI=1S/C32H38F2O4/c1-6-15-32(3,4)19-23-16-21(11-13-25(23)27-18-24(37-5)12-14-28(27)33)20-38-29-10-8-9-26(31(29)34)22(7-2)17-30(35)36/h8-14,16,18,22H,6-7,15,17,19-20H2,1-5H3,(H,35,36). The SMILES string of the molecule is CCCC(C)(C)Cc1cc(COc2cccc(C(CC)CC(=O)O)c2F)ccc1-c1cc(OC)ccc1F. The van der Waals surface area contributed by atoms with Gasteiger partial charge >= 0.3 is 5.97 Å². The second kappa shape index (κ2) is 12.9. The normalized spacial score (nSPS) is 12.3. The highest BCUT2D eigenvalue weighted by atomic mass is 19.1. The van der Waals surface area contributed by atoms with E-state index >= 15 is 4.39 Å². The molecule has 3 aromatic carbocycles. The Kier molecular flexibility index (Phi) is 9.90. The summed E-state index contributed by atoms with van der Waals surface area (Å²) in [7, 11) is 1.56. The van der Waals surface area contributed by atoms with Crippen LogP contribution < -0.4 is 9.47 Å². The highest BCUT2D eigenvalue weighted by Gasteiger charge is 2.22. The third kappa shape index (κ3) is 7.33. The largest absolute Gasteiger partial charge is 0.497 e. The van der Waals surface area contributed by atoms with Crippen molar-refractivity contribution in [1.82, 2.24) is 0 Å². The van der Waals surface area contributed by atoms with E-state index in [4.69, 9.17) is 9.47 Å². The first-order valence-corrected chi connectivity index (χ1v) is 13.2. The molecule has 3 rings (SSSR count). The highest BCUT2D eigenvalue weighted by Crippen LogP contribution is 2.36. The van der Waals surface area contributed by atoms with Crippen LogP contribution in [-0.4, -0.2) is 18.2 Å². The number of ether oxygens (including phenoxy) is 2. The number of rotatable bonds is 13. The number of benzene rings is 3. The zero-order valence-corrected chi connectivity index (χ0v) is 22.9. The first-order chi connectivity index (χ1) is 18.1. The number of carboxylic acid groups (broad SMARTS) is 1. The third-order valence-electron chi connectivity index (χ3n) is 6.97. The monoisotopic (exact) mass is 524 g/mol. The van der Waals surface area contributed by atoms with E-state index in [9.17, 15) is 14.3 Å². The summed E-state index contributed by atoms with van der Waals surface area (Å²) in [5.41, 5.74) is 3.43. The van der Waals surface area contributed by atoms with Gasteiger partial charge in [0.05, 0.1) is 13.5 Å². The molecule has 0 saturated carbocycles. The third-order valence-corrected chi connectivity index (χ3v) is 6.97. The van der Waals surface area contributed by atoms with Crippen molar-refractivity contribution in [2.24, 2.45) is 5.41 Å². The lowest BCUT2D eigenvalue weighted by Crippen LogP contribution is -2.15. The van der Waals surface area contributed by atoms with Crippen LogP contribution >= 0.6 is 0 Å². The fourth-order valence-corrected chi connectivity index (χ4v) is 5.06. The Labute approximate surface area is 224 Å². The molecule has 204 valence electrons. The predicted octanol–water partition coefficient (Wildman–Crippen LogP) is 8.56. The summed E-state index contributed by atoms with van der Waals surface area (Å²) in [6.07, 6.45) is 3.15. The summed E-state index contributed by atoms with van der Waals surface area (Å²) < 4.78 is 41.4. The van der Waals surface area contributed by atoms with Gasteiger partial charge in [0.2, 0.25) is 0 Å². The molecule has 1 N–H and O–H groups in total. The van der Waals surface area contributed by atoms with Crippen LogP contribution in [0.2, 0.25) is 0 Å². The molecule has 0 amide bonds. The van der Waals surface area contributed by atoms with Crippen molar-refractivity contribution < 1.29 is 28.2 Å². The molecule has 0 aromatic heterocycles. The number of hydrogen-bond donors (Lipinski definition) is 1. The van der Waals surface area contributed by atoms with Gasteiger partial charge in [0.15, 0.2) is 11.6 Å². The number of methoxy groups -OCH3 is 1. The van der Waals surface area contributed by atoms with E-state index in [2.05, 4.69) is 20.8 Å². The highest BCUT2D eigenvalue weighted by molar-refractivity contribution is 5.70. The average molecular weight is 525 g/mol. The maximum atomic E-state index is 15.3. The summed E-state index contributed by atoms with van der Waals surface area (Å²) in [6, 6.07) is 15.3. The first-order valence-electron chi connectivity index (χ1n) is 13.2. The van der Waals surface area contributed by atoms with Crippen LogP contribution in [0, 0.1) is 17.0 Å². The molecule has 4 nitrogen and oxygen atoms in total. The molecule has 0 aliphatic heterocycles. The summed E-state index contributed by atoms with van der Waals surface area (Å²) in [6.45, 7) is 8.52. The topological polar surface area (TPSA) is 55.8 Å². The Morgan fingerprint density at radius 2 is 1.79 bits per heavy atom. The van der Waals surface area contributed by atoms with Crippen molar-refractivity contribution in [3.63, 3.8) is 0 Å². The van der Waals surface area contributed by atoms with Crippen LogP contribution in [0.3, 0.4) is 0 Å². The van der Waals surface area contributed by atoms with E-state index in [0.717, 1.165) is 36.0 Å². The fraction of sp³-hybridized carbons (Fsp3) is 0.406. The zero-order valence-electron chi connectivity index (χ0n) is 22.9. The molecule has 1 atom stereocenters. The first kappa shape index (κ1) is 29.2. The van der Waals surface area contributed by atoms with E-state index in [-0.39, 0.29) is 30.0 Å². The second-order valence-electron chi connectivity index (χ2n) is 10.6. The molecule has 0 bridgehead atoms. The zero-order chi connectivity index (χ0) is 27.9. The van der Waals surface area contributed by atoms with Gasteiger partial charge in [-0.3, -0.25) is 4.79 Å². The van der Waals surface area contributed by atoms with Gasteiger partial charge in [0, 0.05) is 5.56 Å². The van der Waals surface area contributed by atoms with E-state index in [0.29, 0.717) is 23.3 Å². The minimum Gasteiger partial charge on any atom is -0.497 e. The van der Waals surface area contributed by atoms with Crippen molar-refractivity contribution in [3.05, 3.63) is 82.9 Å². The Hall–Kier alpha value is -3.41. The molecule has 1 unspecified atom stereocenters. The van der Waals surface area contributed by atoms with Gasteiger partial charge in [-0.2, -0.15) is 0 Å². The molecular formula is C32H38F2O4. The number of carbonyl (C=O) groups is 1. The van der Waals surface area contributed by atoms with Crippen LogP contribution in [0.1, 0.15) is 76.0 Å². The van der Waals surface area contributed by atoms with Crippen LogP contribution in [0.25, 0.3) is 11.1 Å². The minimum absolute atomic E-state index is 0.00192. The van der Waals surface area contributed by atoms with Crippen molar-refractivity contribution in [3.8, 4) is 22.6 Å². The van der Waals surface area contributed by atoms with E-state index < -0.39 is 17.7 Å². The summed E-state index contributed by atoms with van der Waals surface area (Å²) in [5.74, 6) is -1.58. The number of hydrogen-bond acceptors (Lipinski definition) is 3. The number of aliphatic carboxylic acids is 1. The molecule has 38 heavy (non-hydrogen) atoms. The van der Waals surface area contributed by atoms with Gasteiger partial charge in [-0.15, -0.1) is 0 Å². The lowest BCUT2D eigenvalue weighted by atomic mass is 9.79. The van der Waals surface area contributed by atoms with Crippen molar-refractivity contribution in [2.45, 2.75) is 72.3 Å². The maximum Gasteiger partial charge on any atom is 0.303 e.